The number of hydrogen-bond donors (Lipinski definition) is 1. The lowest BCUT2D eigenvalue weighted by molar-refractivity contribution is 0.407. The van der Waals surface area contributed by atoms with Crippen LogP contribution in [0.4, 0.5) is 0 Å². The van der Waals surface area contributed by atoms with E-state index >= 15 is 0 Å². The van der Waals surface area contributed by atoms with Gasteiger partial charge in [-0.05, 0) is 0 Å². The van der Waals surface area contributed by atoms with Crippen LogP contribution >= 0.6 is 0 Å². The summed E-state index contributed by atoms with van der Waals surface area (Å²) in [5.74, 6) is 0. The highest BCUT2D eigenvalue weighted by Gasteiger charge is 2.24. The summed E-state index contributed by atoms with van der Waals surface area (Å²) in [5.41, 5.74) is 0. The highest BCUT2D eigenvalue weighted by Crippen LogP contribution is 2.07. The van der Waals surface area contributed by atoms with Crippen molar-refractivity contribution in [2.75, 3.05) is 13.2 Å². The van der Waals surface area contributed by atoms with Crippen molar-refractivity contribution >= 4 is 8.24 Å². The smallest absolute Gasteiger partial charge is 0.116 e. The van der Waals surface area contributed by atoms with Gasteiger partial charge in [-0.2, -0.15) is 0 Å². The number of nitrogens with one attached hydrogen (secondary N) is 1. The molecule has 0 aromatic rings. The van der Waals surface area contributed by atoms with Crippen molar-refractivity contribution in [3.05, 3.63) is 0 Å². The van der Waals surface area contributed by atoms with E-state index in [-0.39, 0.29) is 0 Å². The fourth-order valence-electron chi connectivity index (χ4n) is 0.606. The van der Waals surface area contributed by atoms with Crippen molar-refractivity contribution < 1.29 is 4.74 Å². The van der Waals surface area contributed by atoms with E-state index in [4.69, 9.17) is 4.74 Å². The standard InChI is InChI=1S/C6H15NOSi/c1-9(2,3)7-4-6-5-8-6/h6-7H,4-5H2,1-3H3. The Labute approximate surface area is 57.7 Å². The summed E-state index contributed by atoms with van der Waals surface area (Å²) in [6, 6.07) is 0. The van der Waals surface area contributed by atoms with Crippen molar-refractivity contribution in [2.24, 2.45) is 0 Å². The average molecular weight is 145 g/mol. The molecule has 0 bridgehead atoms. The van der Waals surface area contributed by atoms with Crippen LogP contribution in [0.1, 0.15) is 0 Å². The Kier molecular flexibility index (Phi) is 1.93. The first-order valence-corrected chi connectivity index (χ1v) is 6.94. The molecule has 0 radical (unpaired) electrons. The third-order valence-corrected chi connectivity index (χ3v) is 2.53. The van der Waals surface area contributed by atoms with Gasteiger partial charge in [0.25, 0.3) is 0 Å². The molecule has 0 aromatic carbocycles. The Bertz CT molecular complexity index is 95.7. The summed E-state index contributed by atoms with van der Waals surface area (Å²) in [6.45, 7) is 8.94. The first kappa shape index (κ1) is 7.25. The van der Waals surface area contributed by atoms with Gasteiger partial charge in [0.2, 0.25) is 0 Å². The number of epoxide rings is 1. The molecule has 1 rings (SSSR count). The van der Waals surface area contributed by atoms with Crippen LogP contribution in [-0.2, 0) is 4.74 Å². The van der Waals surface area contributed by atoms with E-state index in [1.165, 1.54) is 0 Å². The maximum Gasteiger partial charge on any atom is 0.116 e. The third kappa shape index (κ3) is 3.67. The summed E-state index contributed by atoms with van der Waals surface area (Å²) in [5, 5.41) is 0. The van der Waals surface area contributed by atoms with E-state index in [0.29, 0.717) is 6.10 Å². The van der Waals surface area contributed by atoms with Crippen molar-refractivity contribution in [1.29, 1.82) is 0 Å². The molecule has 3 heteroatoms. The van der Waals surface area contributed by atoms with Gasteiger partial charge < -0.3 is 9.72 Å². The highest BCUT2D eigenvalue weighted by atomic mass is 28.3. The normalized spacial score (nSPS) is 26.3. The molecule has 0 saturated carbocycles. The maximum absolute atomic E-state index is 5.06. The highest BCUT2D eigenvalue weighted by molar-refractivity contribution is 6.73. The largest absolute Gasteiger partial charge is 0.372 e. The van der Waals surface area contributed by atoms with Crippen LogP contribution in [0.3, 0.4) is 0 Å². The summed E-state index contributed by atoms with van der Waals surface area (Å²) in [4.78, 5) is 3.50. The molecule has 1 heterocycles. The molecule has 9 heavy (non-hydrogen) atoms. The van der Waals surface area contributed by atoms with E-state index in [0.717, 1.165) is 13.2 Å². The molecule has 1 saturated heterocycles. The minimum Gasteiger partial charge on any atom is -0.372 e. The second kappa shape index (κ2) is 2.40. The molecule has 1 aliphatic heterocycles. The minimum atomic E-state index is -1.01. The zero-order valence-electron chi connectivity index (χ0n) is 6.40. The molecule has 0 spiro atoms. The Balaban J connectivity index is 2.03. The molecular weight excluding hydrogens is 130 g/mol. The molecule has 2 nitrogen and oxygen atoms in total. The monoisotopic (exact) mass is 145 g/mol. The van der Waals surface area contributed by atoms with Gasteiger partial charge >= 0.3 is 0 Å². The van der Waals surface area contributed by atoms with Crippen LogP contribution in [0.15, 0.2) is 0 Å². The van der Waals surface area contributed by atoms with Gasteiger partial charge in [-0.25, -0.2) is 0 Å². The van der Waals surface area contributed by atoms with E-state index in [1.54, 1.807) is 0 Å². The van der Waals surface area contributed by atoms with E-state index in [1.807, 2.05) is 0 Å². The zero-order chi connectivity index (χ0) is 6.91. The van der Waals surface area contributed by atoms with Crippen molar-refractivity contribution in [3.8, 4) is 0 Å². The lowest BCUT2D eigenvalue weighted by Crippen LogP contribution is -2.43. The lowest BCUT2D eigenvalue weighted by atomic mass is 10.5. The molecule has 0 amide bonds. The van der Waals surface area contributed by atoms with Gasteiger partial charge in [0.05, 0.1) is 12.7 Å². The lowest BCUT2D eigenvalue weighted by Gasteiger charge is -2.16. The van der Waals surface area contributed by atoms with Crippen LogP contribution in [0.2, 0.25) is 19.6 Å². The van der Waals surface area contributed by atoms with E-state index in [2.05, 4.69) is 24.6 Å². The molecule has 54 valence electrons. The van der Waals surface area contributed by atoms with Crippen LogP contribution in [-0.4, -0.2) is 27.5 Å². The molecule has 1 unspecified atom stereocenters. The summed E-state index contributed by atoms with van der Waals surface area (Å²) < 4.78 is 5.06. The summed E-state index contributed by atoms with van der Waals surface area (Å²) in [7, 11) is -1.01. The Morgan fingerprint density at radius 1 is 1.56 bits per heavy atom. The molecule has 1 aliphatic rings. The molecule has 0 aromatic heterocycles. The van der Waals surface area contributed by atoms with Crippen LogP contribution < -0.4 is 4.98 Å². The molecule has 1 N–H and O–H groups in total. The van der Waals surface area contributed by atoms with Gasteiger partial charge in [-0.3, -0.25) is 0 Å². The Morgan fingerprint density at radius 3 is 2.44 bits per heavy atom. The first-order valence-electron chi connectivity index (χ1n) is 3.44. The number of rotatable bonds is 3. The number of hydrogen-bond acceptors (Lipinski definition) is 2. The minimum absolute atomic E-state index is 0.539. The molecule has 0 aliphatic carbocycles. The van der Waals surface area contributed by atoms with Gasteiger partial charge in [0.1, 0.15) is 8.24 Å². The van der Waals surface area contributed by atoms with Gasteiger partial charge in [0, 0.05) is 6.54 Å². The predicted molar refractivity (Wildman–Crippen MR) is 41.1 cm³/mol. The Hall–Kier alpha value is 0.137. The quantitative estimate of drug-likeness (QED) is 0.469. The van der Waals surface area contributed by atoms with Crippen LogP contribution in [0.25, 0.3) is 0 Å². The fourth-order valence-corrected chi connectivity index (χ4v) is 1.45. The van der Waals surface area contributed by atoms with Crippen LogP contribution in [0.5, 0.6) is 0 Å². The second-order valence-corrected chi connectivity index (χ2v) is 8.44. The average Bonchev–Trinajstić information content (AvgIpc) is 2.38. The number of ether oxygens (including phenoxy) is 1. The first-order chi connectivity index (χ1) is 4.08. The SMILES string of the molecule is C[Si](C)(C)NCC1CO1. The van der Waals surface area contributed by atoms with Crippen LogP contribution in [0, 0.1) is 0 Å². The molecule has 1 fully saturated rings. The third-order valence-electron chi connectivity index (χ3n) is 1.26. The fraction of sp³-hybridized carbons (Fsp3) is 1.00. The van der Waals surface area contributed by atoms with Gasteiger partial charge in [0.15, 0.2) is 0 Å². The maximum atomic E-state index is 5.06. The van der Waals surface area contributed by atoms with Crippen molar-refractivity contribution in [3.63, 3.8) is 0 Å². The summed E-state index contributed by atoms with van der Waals surface area (Å²) >= 11 is 0. The second-order valence-electron chi connectivity index (χ2n) is 3.59. The Morgan fingerprint density at radius 2 is 2.11 bits per heavy atom. The van der Waals surface area contributed by atoms with E-state index in [9.17, 15) is 0 Å². The van der Waals surface area contributed by atoms with Gasteiger partial charge in [-0.15, -0.1) is 0 Å². The molecule has 1 atom stereocenters. The van der Waals surface area contributed by atoms with Gasteiger partial charge in [-0.1, -0.05) is 19.6 Å². The van der Waals surface area contributed by atoms with E-state index < -0.39 is 8.24 Å². The van der Waals surface area contributed by atoms with Crippen molar-refractivity contribution in [1.82, 2.24) is 4.98 Å². The topological polar surface area (TPSA) is 24.6 Å². The zero-order valence-corrected chi connectivity index (χ0v) is 7.40. The predicted octanol–water partition coefficient (Wildman–Crippen LogP) is 0.810. The summed E-state index contributed by atoms with van der Waals surface area (Å²) in [6.07, 6.45) is 0.539. The van der Waals surface area contributed by atoms with Crippen molar-refractivity contribution in [2.45, 2.75) is 25.7 Å². The molecular formula is C6H15NOSi.